The molecule has 0 spiro atoms. The number of nitrogens with zero attached hydrogens (tertiary/aromatic N) is 2. The van der Waals surface area contributed by atoms with Crippen LogP contribution in [0, 0.1) is 0 Å². The van der Waals surface area contributed by atoms with Gasteiger partial charge in [0.25, 0.3) is 0 Å². The van der Waals surface area contributed by atoms with Gasteiger partial charge in [-0.15, -0.1) is 0 Å². The Morgan fingerprint density at radius 3 is 2.11 bits per heavy atom. The molecule has 4 aromatic rings. The van der Waals surface area contributed by atoms with Crippen LogP contribution in [0.2, 0.25) is 0 Å². The summed E-state index contributed by atoms with van der Waals surface area (Å²) in [4.78, 5) is 6.65. The molecule has 28 heavy (non-hydrogen) atoms. The number of fused-ring (bicyclic) bond motifs is 1. The first kappa shape index (κ1) is 17.9. The van der Waals surface area contributed by atoms with Crippen LogP contribution in [-0.4, -0.2) is 26.2 Å². The number of ether oxygens (including phenoxy) is 1. The van der Waals surface area contributed by atoms with Crippen molar-refractivity contribution in [3.8, 4) is 17.2 Å². The average molecular weight is 370 g/mol. The molecule has 140 valence electrons. The molecule has 0 bridgehead atoms. The Bertz CT molecular complexity index is 1110. The lowest BCUT2D eigenvalue weighted by molar-refractivity contribution is 0.414. The monoisotopic (exact) mass is 370 g/mol. The van der Waals surface area contributed by atoms with Gasteiger partial charge in [-0.2, -0.15) is 0 Å². The Morgan fingerprint density at radius 2 is 1.50 bits per heavy atom. The number of rotatable bonds is 5. The molecule has 0 aliphatic heterocycles. The van der Waals surface area contributed by atoms with E-state index in [9.17, 15) is 0 Å². The number of anilines is 1. The van der Waals surface area contributed by atoms with Gasteiger partial charge in [0.1, 0.15) is 11.3 Å². The summed E-state index contributed by atoms with van der Waals surface area (Å²) >= 11 is 0. The van der Waals surface area contributed by atoms with Crippen LogP contribution in [0.25, 0.3) is 34.7 Å². The summed E-state index contributed by atoms with van der Waals surface area (Å²) in [6.45, 7) is 0. The molecule has 0 atom stereocenters. The molecule has 0 aliphatic carbocycles. The van der Waals surface area contributed by atoms with Crippen molar-refractivity contribution in [3.05, 3.63) is 77.9 Å². The van der Waals surface area contributed by atoms with Crippen molar-refractivity contribution in [1.29, 1.82) is 0 Å². The molecule has 0 unspecified atom stereocenters. The molecule has 1 aromatic heterocycles. The standard InChI is InChI=1S/C24H22N2O2/c1-26(2)20-12-8-18(9-13-20)5-4-17-6-10-19(11-7-17)24-25-22-15-14-21(27-3)16-23(22)28-24/h4-16H,1-3H3/b5-4+. The minimum atomic E-state index is 0.609. The van der Waals surface area contributed by atoms with Crippen molar-refractivity contribution in [1.82, 2.24) is 4.98 Å². The molecule has 0 aliphatic rings. The van der Waals surface area contributed by atoms with E-state index in [4.69, 9.17) is 9.15 Å². The molecule has 1 heterocycles. The fraction of sp³-hybridized carbons (Fsp3) is 0.125. The lowest BCUT2D eigenvalue weighted by atomic mass is 10.1. The normalized spacial score (nSPS) is 11.2. The van der Waals surface area contributed by atoms with Gasteiger partial charge in [-0.1, -0.05) is 36.4 Å². The zero-order valence-corrected chi connectivity index (χ0v) is 16.2. The summed E-state index contributed by atoms with van der Waals surface area (Å²) in [5, 5.41) is 0. The van der Waals surface area contributed by atoms with E-state index in [-0.39, 0.29) is 0 Å². The van der Waals surface area contributed by atoms with E-state index in [1.165, 1.54) is 11.3 Å². The van der Waals surface area contributed by atoms with E-state index in [0.29, 0.717) is 5.89 Å². The summed E-state index contributed by atoms with van der Waals surface area (Å²) in [7, 11) is 5.72. The highest BCUT2D eigenvalue weighted by Crippen LogP contribution is 2.27. The third kappa shape index (κ3) is 3.76. The van der Waals surface area contributed by atoms with Gasteiger partial charge in [0.15, 0.2) is 5.58 Å². The average Bonchev–Trinajstić information content (AvgIpc) is 3.16. The van der Waals surface area contributed by atoms with Crippen LogP contribution < -0.4 is 9.64 Å². The molecule has 4 rings (SSSR count). The van der Waals surface area contributed by atoms with E-state index < -0.39 is 0 Å². The highest BCUT2D eigenvalue weighted by molar-refractivity contribution is 5.78. The largest absolute Gasteiger partial charge is 0.497 e. The number of benzene rings is 3. The van der Waals surface area contributed by atoms with Gasteiger partial charge in [-0.25, -0.2) is 4.98 Å². The molecule has 0 saturated heterocycles. The second-order valence-electron chi connectivity index (χ2n) is 6.79. The van der Waals surface area contributed by atoms with Gasteiger partial charge < -0.3 is 14.1 Å². The molecular weight excluding hydrogens is 348 g/mol. The van der Waals surface area contributed by atoms with Crippen LogP contribution in [0.4, 0.5) is 5.69 Å². The highest BCUT2D eigenvalue weighted by atomic mass is 16.5. The fourth-order valence-electron chi connectivity index (χ4n) is 2.97. The summed E-state index contributed by atoms with van der Waals surface area (Å²) in [6.07, 6.45) is 4.21. The zero-order valence-electron chi connectivity index (χ0n) is 16.2. The molecule has 0 amide bonds. The maximum absolute atomic E-state index is 5.88. The van der Waals surface area contributed by atoms with Crippen LogP contribution in [0.3, 0.4) is 0 Å². The van der Waals surface area contributed by atoms with Gasteiger partial charge in [0, 0.05) is 31.4 Å². The van der Waals surface area contributed by atoms with E-state index in [2.05, 4.69) is 58.4 Å². The summed E-state index contributed by atoms with van der Waals surface area (Å²) in [5.41, 5.74) is 5.97. The third-order valence-electron chi connectivity index (χ3n) is 4.63. The van der Waals surface area contributed by atoms with E-state index in [0.717, 1.165) is 28.0 Å². The van der Waals surface area contributed by atoms with E-state index in [1.54, 1.807) is 7.11 Å². The van der Waals surface area contributed by atoms with Crippen LogP contribution in [-0.2, 0) is 0 Å². The number of methoxy groups -OCH3 is 1. The van der Waals surface area contributed by atoms with Gasteiger partial charge in [0.05, 0.1) is 7.11 Å². The number of hydrogen-bond acceptors (Lipinski definition) is 4. The van der Waals surface area contributed by atoms with Crippen LogP contribution in [0.15, 0.2) is 71.1 Å². The smallest absolute Gasteiger partial charge is 0.227 e. The lowest BCUT2D eigenvalue weighted by Gasteiger charge is -2.11. The molecule has 0 N–H and O–H groups in total. The zero-order chi connectivity index (χ0) is 19.5. The maximum atomic E-state index is 5.88. The van der Waals surface area contributed by atoms with Gasteiger partial charge >= 0.3 is 0 Å². The van der Waals surface area contributed by atoms with E-state index in [1.807, 2.05) is 44.4 Å². The van der Waals surface area contributed by atoms with Gasteiger partial charge in [-0.05, 0) is 47.5 Å². The SMILES string of the molecule is COc1ccc2nc(-c3ccc(/C=C/c4ccc(N(C)C)cc4)cc3)oc2c1. The third-order valence-corrected chi connectivity index (χ3v) is 4.63. The predicted octanol–water partition coefficient (Wildman–Crippen LogP) is 5.74. The van der Waals surface area contributed by atoms with Crippen LogP contribution >= 0.6 is 0 Å². The summed E-state index contributed by atoms with van der Waals surface area (Å²) < 4.78 is 11.1. The fourth-order valence-corrected chi connectivity index (χ4v) is 2.97. The molecular formula is C24H22N2O2. The first-order valence-corrected chi connectivity index (χ1v) is 9.13. The second-order valence-corrected chi connectivity index (χ2v) is 6.79. The Hall–Kier alpha value is -3.53. The molecule has 3 aromatic carbocycles. The summed E-state index contributed by atoms with van der Waals surface area (Å²) in [5.74, 6) is 1.37. The molecule has 0 fully saturated rings. The topological polar surface area (TPSA) is 38.5 Å². The van der Waals surface area contributed by atoms with Crippen molar-refractivity contribution in [2.45, 2.75) is 0 Å². The Kier molecular flexibility index (Phi) is 4.85. The molecule has 4 nitrogen and oxygen atoms in total. The lowest BCUT2D eigenvalue weighted by Crippen LogP contribution is -2.07. The Labute approximate surface area is 164 Å². The minimum absolute atomic E-state index is 0.609. The molecule has 4 heteroatoms. The number of aromatic nitrogens is 1. The molecule has 0 saturated carbocycles. The minimum Gasteiger partial charge on any atom is -0.497 e. The number of oxazole rings is 1. The van der Waals surface area contributed by atoms with Crippen molar-refractivity contribution >= 4 is 28.9 Å². The molecule has 0 radical (unpaired) electrons. The first-order chi connectivity index (χ1) is 13.6. The van der Waals surface area contributed by atoms with Crippen LogP contribution in [0.1, 0.15) is 11.1 Å². The second kappa shape index (κ2) is 7.61. The first-order valence-electron chi connectivity index (χ1n) is 9.13. The van der Waals surface area contributed by atoms with Crippen LogP contribution in [0.5, 0.6) is 5.75 Å². The quantitative estimate of drug-likeness (QED) is 0.420. The Balaban J connectivity index is 1.52. The van der Waals surface area contributed by atoms with Crippen molar-refractivity contribution in [2.75, 3.05) is 26.1 Å². The van der Waals surface area contributed by atoms with E-state index >= 15 is 0 Å². The van der Waals surface area contributed by atoms with Gasteiger partial charge in [-0.3, -0.25) is 0 Å². The number of hydrogen-bond donors (Lipinski definition) is 0. The van der Waals surface area contributed by atoms with Crippen molar-refractivity contribution < 1.29 is 9.15 Å². The maximum Gasteiger partial charge on any atom is 0.227 e. The van der Waals surface area contributed by atoms with Crippen molar-refractivity contribution in [3.63, 3.8) is 0 Å². The van der Waals surface area contributed by atoms with Gasteiger partial charge in [0.2, 0.25) is 5.89 Å². The Morgan fingerprint density at radius 1 is 0.857 bits per heavy atom. The summed E-state index contributed by atoms with van der Waals surface area (Å²) in [6, 6.07) is 22.3. The van der Waals surface area contributed by atoms with Crippen molar-refractivity contribution in [2.24, 2.45) is 0 Å². The predicted molar refractivity (Wildman–Crippen MR) is 116 cm³/mol. The highest BCUT2D eigenvalue weighted by Gasteiger charge is 2.09.